The number of aromatic nitrogens is 2. The second-order valence-corrected chi connectivity index (χ2v) is 6.39. The first-order valence-corrected chi connectivity index (χ1v) is 8.45. The predicted octanol–water partition coefficient (Wildman–Crippen LogP) is 0.786. The number of nitrogens with zero attached hydrogens (tertiary/aromatic N) is 4. The van der Waals surface area contributed by atoms with Crippen molar-refractivity contribution < 1.29 is 9.59 Å². The highest BCUT2D eigenvalue weighted by Crippen LogP contribution is 2.11. The van der Waals surface area contributed by atoms with Crippen molar-refractivity contribution in [3.8, 4) is 0 Å². The lowest BCUT2D eigenvalue weighted by atomic mass is 10.1. The lowest BCUT2D eigenvalue weighted by molar-refractivity contribution is -0.133. The third-order valence-electron chi connectivity index (χ3n) is 4.65. The first-order chi connectivity index (χ1) is 12.0. The van der Waals surface area contributed by atoms with Gasteiger partial charge in [-0.15, -0.1) is 0 Å². The van der Waals surface area contributed by atoms with Crippen LogP contribution in [0.2, 0.25) is 0 Å². The van der Waals surface area contributed by atoms with Crippen LogP contribution in [-0.4, -0.2) is 57.3 Å². The Kier molecular flexibility index (Phi) is 4.83. The van der Waals surface area contributed by atoms with Gasteiger partial charge >= 0.3 is 0 Å². The molecule has 1 aromatic carbocycles. The van der Waals surface area contributed by atoms with Gasteiger partial charge in [-0.1, -0.05) is 12.1 Å². The van der Waals surface area contributed by atoms with Crippen LogP contribution in [0, 0.1) is 6.92 Å². The first kappa shape index (κ1) is 17.1. The standard InChI is InChI=1S/C18H22N4O3/c1-13-5-3-6-15-17(13)19-12-22(18(15)25)11-16(24)21-8-4-7-20(9-10-21)14(2)23/h3,5-6,12H,4,7-11H2,1-2H3. The van der Waals surface area contributed by atoms with E-state index in [1.54, 1.807) is 22.8 Å². The van der Waals surface area contributed by atoms with E-state index in [1.807, 2.05) is 19.1 Å². The summed E-state index contributed by atoms with van der Waals surface area (Å²) in [5, 5.41) is 0.522. The molecule has 2 amide bonds. The zero-order chi connectivity index (χ0) is 18.0. The molecule has 0 unspecified atom stereocenters. The van der Waals surface area contributed by atoms with Gasteiger partial charge in [-0.2, -0.15) is 0 Å². The molecule has 0 radical (unpaired) electrons. The molecule has 2 aromatic rings. The molecule has 0 atom stereocenters. The lowest BCUT2D eigenvalue weighted by Crippen LogP contribution is -2.39. The molecule has 1 aliphatic heterocycles. The number of carbonyl (C=O) groups excluding carboxylic acids is 2. The number of carbonyl (C=O) groups is 2. The molecule has 1 fully saturated rings. The molecule has 3 rings (SSSR count). The molecule has 0 saturated carbocycles. The van der Waals surface area contributed by atoms with Crippen molar-refractivity contribution in [3.05, 3.63) is 40.4 Å². The van der Waals surface area contributed by atoms with Gasteiger partial charge in [0.15, 0.2) is 0 Å². The predicted molar refractivity (Wildman–Crippen MR) is 94.2 cm³/mol. The third kappa shape index (κ3) is 3.55. The van der Waals surface area contributed by atoms with E-state index in [4.69, 9.17) is 0 Å². The molecule has 7 nitrogen and oxygen atoms in total. The number of fused-ring (bicyclic) bond motifs is 1. The van der Waals surface area contributed by atoms with E-state index < -0.39 is 0 Å². The molecule has 0 bridgehead atoms. The van der Waals surface area contributed by atoms with E-state index in [0.717, 1.165) is 12.0 Å². The first-order valence-electron chi connectivity index (χ1n) is 8.45. The topological polar surface area (TPSA) is 75.5 Å². The Hall–Kier alpha value is -2.70. The molecule has 132 valence electrons. The number of hydrogen-bond donors (Lipinski definition) is 0. The Morgan fingerprint density at radius 3 is 2.60 bits per heavy atom. The molecule has 1 aromatic heterocycles. The summed E-state index contributed by atoms with van der Waals surface area (Å²) in [4.78, 5) is 44.5. The van der Waals surface area contributed by atoms with Crippen molar-refractivity contribution in [1.82, 2.24) is 19.4 Å². The van der Waals surface area contributed by atoms with Crippen molar-refractivity contribution >= 4 is 22.7 Å². The largest absolute Gasteiger partial charge is 0.341 e. The fourth-order valence-electron chi connectivity index (χ4n) is 3.18. The SMILES string of the molecule is CC(=O)N1CCCN(C(=O)Cn2cnc3c(C)cccc3c2=O)CC1. The average molecular weight is 342 g/mol. The molecule has 1 aliphatic rings. The summed E-state index contributed by atoms with van der Waals surface area (Å²) in [5.74, 6) is -0.0964. The highest BCUT2D eigenvalue weighted by molar-refractivity contribution is 5.81. The van der Waals surface area contributed by atoms with Crippen molar-refractivity contribution in [2.45, 2.75) is 26.8 Å². The molecule has 25 heavy (non-hydrogen) atoms. The van der Waals surface area contributed by atoms with Crippen LogP contribution in [0.1, 0.15) is 18.9 Å². The minimum Gasteiger partial charge on any atom is -0.341 e. The smallest absolute Gasteiger partial charge is 0.261 e. The van der Waals surface area contributed by atoms with Crippen LogP contribution in [-0.2, 0) is 16.1 Å². The van der Waals surface area contributed by atoms with E-state index in [2.05, 4.69) is 4.98 Å². The zero-order valence-electron chi connectivity index (χ0n) is 14.6. The van der Waals surface area contributed by atoms with Crippen molar-refractivity contribution in [2.75, 3.05) is 26.2 Å². The third-order valence-corrected chi connectivity index (χ3v) is 4.65. The van der Waals surface area contributed by atoms with Crippen molar-refractivity contribution in [1.29, 1.82) is 0 Å². The van der Waals surface area contributed by atoms with E-state index in [1.165, 1.54) is 10.9 Å². The summed E-state index contributed by atoms with van der Waals surface area (Å²) in [6, 6.07) is 5.45. The lowest BCUT2D eigenvalue weighted by Gasteiger charge is -2.21. The molecule has 1 saturated heterocycles. The van der Waals surface area contributed by atoms with Crippen molar-refractivity contribution in [2.24, 2.45) is 0 Å². The average Bonchev–Trinajstić information content (AvgIpc) is 2.84. The summed E-state index contributed by atoms with van der Waals surface area (Å²) in [6.07, 6.45) is 2.19. The molecule has 0 aliphatic carbocycles. The number of amides is 2. The summed E-state index contributed by atoms with van der Waals surface area (Å²) in [5.41, 5.74) is 1.40. The van der Waals surface area contributed by atoms with Crippen LogP contribution in [0.4, 0.5) is 0 Å². The van der Waals surface area contributed by atoms with Crippen molar-refractivity contribution in [3.63, 3.8) is 0 Å². The van der Waals surface area contributed by atoms with Gasteiger partial charge < -0.3 is 9.80 Å². The normalized spacial score (nSPS) is 15.3. The quantitative estimate of drug-likeness (QED) is 0.808. The van der Waals surface area contributed by atoms with Gasteiger partial charge in [0.05, 0.1) is 17.2 Å². The van der Waals surface area contributed by atoms with Gasteiger partial charge in [0.1, 0.15) is 6.54 Å². The molecule has 2 heterocycles. The number of rotatable bonds is 2. The Bertz CT molecular complexity index is 874. The minimum absolute atomic E-state index is 0.0274. The Labute approximate surface area is 145 Å². The van der Waals surface area contributed by atoms with E-state index in [9.17, 15) is 14.4 Å². The van der Waals surface area contributed by atoms with Gasteiger partial charge in [-0.3, -0.25) is 19.0 Å². The van der Waals surface area contributed by atoms with Crippen LogP contribution < -0.4 is 5.56 Å². The number of para-hydroxylation sites is 1. The summed E-state index contributed by atoms with van der Waals surface area (Å²) in [6.45, 7) is 5.70. The van der Waals surface area contributed by atoms with Crippen LogP contribution in [0.3, 0.4) is 0 Å². The molecule has 0 spiro atoms. The van der Waals surface area contributed by atoms with Gasteiger partial charge in [0, 0.05) is 33.1 Å². The second-order valence-electron chi connectivity index (χ2n) is 6.39. The van der Waals surface area contributed by atoms with Crippen LogP contribution >= 0.6 is 0 Å². The Morgan fingerprint density at radius 2 is 1.84 bits per heavy atom. The summed E-state index contributed by atoms with van der Waals surface area (Å²) >= 11 is 0. The minimum atomic E-state index is -0.206. The monoisotopic (exact) mass is 342 g/mol. The van der Waals surface area contributed by atoms with Crippen LogP contribution in [0.5, 0.6) is 0 Å². The van der Waals surface area contributed by atoms with Crippen LogP contribution in [0.25, 0.3) is 10.9 Å². The number of aryl methyl sites for hydroxylation is 1. The highest BCUT2D eigenvalue weighted by atomic mass is 16.2. The number of hydrogen-bond acceptors (Lipinski definition) is 4. The molecule has 7 heteroatoms. The highest BCUT2D eigenvalue weighted by Gasteiger charge is 2.21. The summed E-state index contributed by atoms with van der Waals surface area (Å²) in [7, 11) is 0. The van der Waals surface area contributed by atoms with E-state index >= 15 is 0 Å². The fraction of sp³-hybridized carbons (Fsp3) is 0.444. The van der Waals surface area contributed by atoms with Gasteiger partial charge in [0.25, 0.3) is 5.56 Å². The zero-order valence-corrected chi connectivity index (χ0v) is 14.6. The number of benzene rings is 1. The second kappa shape index (κ2) is 7.04. The maximum atomic E-state index is 12.6. The molecule has 0 N–H and O–H groups in total. The summed E-state index contributed by atoms with van der Waals surface area (Å²) < 4.78 is 1.36. The maximum Gasteiger partial charge on any atom is 0.261 e. The van der Waals surface area contributed by atoms with Gasteiger partial charge in [-0.05, 0) is 25.0 Å². The van der Waals surface area contributed by atoms with Gasteiger partial charge in [-0.25, -0.2) is 4.98 Å². The van der Waals surface area contributed by atoms with Gasteiger partial charge in [0.2, 0.25) is 11.8 Å². The Morgan fingerprint density at radius 1 is 1.12 bits per heavy atom. The fourth-order valence-corrected chi connectivity index (χ4v) is 3.18. The van der Waals surface area contributed by atoms with Crippen LogP contribution in [0.15, 0.2) is 29.3 Å². The maximum absolute atomic E-state index is 12.6. The molecular weight excluding hydrogens is 320 g/mol. The molecular formula is C18H22N4O3. The van der Waals surface area contributed by atoms with E-state index in [-0.39, 0.29) is 23.9 Å². The Balaban J connectivity index is 1.77. The van der Waals surface area contributed by atoms with E-state index in [0.29, 0.717) is 37.1 Å².